The van der Waals surface area contributed by atoms with Crippen molar-refractivity contribution in [3.8, 4) is 0 Å². The molecule has 0 unspecified atom stereocenters. The van der Waals surface area contributed by atoms with Crippen LogP contribution in [0.4, 0.5) is 5.69 Å². The minimum absolute atomic E-state index is 0.293. The summed E-state index contributed by atoms with van der Waals surface area (Å²) in [5.41, 5.74) is 6.72. The molecular weight excluding hydrogens is 375 g/mol. The zero-order valence-corrected chi connectivity index (χ0v) is 17.4. The second-order valence-corrected chi connectivity index (χ2v) is 7.50. The molecule has 0 radical (unpaired) electrons. The van der Waals surface area contributed by atoms with E-state index in [9.17, 15) is 0 Å². The smallest absolute Gasteiger partial charge is 0.200 e. The van der Waals surface area contributed by atoms with Crippen LogP contribution in [0.15, 0.2) is 28.2 Å². The summed E-state index contributed by atoms with van der Waals surface area (Å²) >= 11 is 13.6. The second-order valence-electron chi connectivity index (χ2n) is 5.62. The summed E-state index contributed by atoms with van der Waals surface area (Å²) in [7, 11) is 0. The number of nitrogens with one attached hydrogen (secondary N) is 1. The van der Waals surface area contributed by atoms with E-state index in [-0.39, 0.29) is 0 Å². The molecule has 0 aromatic heterocycles. The zero-order valence-electron chi connectivity index (χ0n) is 15.0. The Balaban J connectivity index is 2.47. The van der Waals surface area contributed by atoms with Crippen LogP contribution >= 0.6 is 35.0 Å². The molecule has 0 saturated heterocycles. The molecule has 0 bridgehead atoms. The fraction of sp³-hybridized carbons (Fsp3) is 0.556. The van der Waals surface area contributed by atoms with Crippen molar-refractivity contribution >= 4 is 51.8 Å². The van der Waals surface area contributed by atoms with Crippen molar-refractivity contribution < 1.29 is 0 Å². The van der Waals surface area contributed by atoms with E-state index in [1.165, 1.54) is 38.5 Å². The van der Waals surface area contributed by atoms with Crippen molar-refractivity contribution in [3.05, 3.63) is 28.2 Å². The first-order chi connectivity index (χ1) is 12.1. The average Bonchev–Trinajstić information content (AvgIpc) is 2.57. The minimum atomic E-state index is 0.293. The summed E-state index contributed by atoms with van der Waals surface area (Å²) in [5.74, 6) is 1.30. The van der Waals surface area contributed by atoms with Crippen LogP contribution in [0.5, 0.6) is 0 Å². The fourth-order valence-corrected chi connectivity index (χ4v) is 3.36. The van der Waals surface area contributed by atoms with Gasteiger partial charge < -0.3 is 11.1 Å². The van der Waals surface area contributed by atoms with Crippen molar-refractivity contribution in [1.82, 2.24) is 0 Å². The molecule has 0 spiro atoms. The predicted octanol–water partition coefficient (Wildman–Crippen LogP) is 6.19. The summed E-state index contributed by atoms with van der Waals surface area (Å²) < 4.78 is 0. The highest BCUT2D eigenvalue weighted by Gasteiger charge is 2.03. The van der Waals surface area contributed by atoms with Crippen molar-refractivity contribution in [2.45, 2.75) is 52.4 Å². The number of rotatable bonds is 9. The standard InChI is InChI=1S/C18H28Cl2N4S/c1-3-5-6-7-8-9-12-25-18(22-4-2)24-17(21)23-14-10-11-15(19)16(20)13-14/h10-11,13H,3-9,12H2,1-2H3,(H3,21,22,23,24). The van der Waals surface area contributed by atoms with E-state index in [0.717, 1.165) is 11.4 Å². The van der Waals surface area contributed by atoms with Crippen LogP contribution in [0, 0.1) is 0 Å². The Morgan fingerprint density at radius 1 is 1.08 bits per heavy atom. The quantitative estimate of drug-likeness (QED) is 0.294. The molecule has 0 heterocycles. The third kappa shape index (κ3) is 9.97. The van der Waals surface area contributed by atoms with Crippen LogP contribution < -0.4 is 11.1 Å². The summed E-state index contributed by atoms with van der Waals surface area (Å²) in [4.78, 5) is 8.79. The third-order valence-electron chi connectivity index (χ3n) is 3.43. The molecule has 0 atom stereocenters. The van der Waals surface area contributed by atoms with Gasteiger partial charge in [-0.15, -0.1) is 0 Å². The van der Waals surface area contributed by atoms with Crippen LogP contribution in [0.3, 0.4) is 0 Å². The fourth-order valence-electron chi connectivity index (χ4n) is 2.15. The molecule has 0 aliphatic heterocycles. The van der Waals surface area contributed by atoms with Crippen molar-refractivity contribution in [3.63, 3.8) is 0 Å². The predicted molar refractivity (Wildman–Crippen MR) is 116 cm³/mol. The van der Waals surface area contributed by atoms with Crippen LogP contribution in [0.25, 0.3) is 0 Å². The van der Waals surface area contributed by atoms with E-state index in [1.807, 2.05) is 6.92 Å². The van der Waals surface area contributed by atoms with E-state index in [1.54, 1.807) is 30.0 Å². The number of unbranched alkanes of at least 4 members (excludes halogenated alkanes) is 5. The first-order valence-corrected chi connectivity index (χ1v) is 10.5. The van der Waals surface area contributed by atoms with Crippen LogP contribution in [-0.4, -0.2) is 23.4 Å². The zero-order chi connectivity index (χ0) is 18.5. The molecule has 4 nitrogen and oxygen atoms in total. The van der Waals surface area contributed by atoms with Gasteiger partial charge >= 0.3 is 0 Å². The number of anilines is 1. The molecule has 1 rings (SSSR count). The lowest BCUT2D eigenvalue weighted by Gasteiger charge is -2.08. The maximum Gasteiger partial charge on any atom is 0.200 e. The number of benzene rings is 1. The van der Waals surface area contributed by atoms with Crippen LogP contribution in [0.1, 0.15) is 52.4 Å². The Hall–Kier alpha value is -0.910. The molecule has 0 fully saturated rings. The number of nitrogens with zero attached hydrogens (tertiary/aromatic N) is 2. The van der Waals surface area contributed by atoms with E-state index in [2.05, 4.69) is 22.2 Å². The highest BCUT2D eigenvalue weighted by atomic mass is 35.5. The molecule has 25 heavy (non-hydrogen) atoms. The Morgan fingerprint density at radius 3 is 2.48 bits per heavy atom. The molecular formula is C18H28Cl2N4S. The number of aliphatic imine (C=N–C) groups is 2. The van der Waals surface area contributed by atoms with Crippen LogP contribution in [0.2, 0.25) is 10.0 Å². The van der Waals surface area contributed by atoms with Gasteiger partial charge in [-0.3, -0.25) is 4.99 Å². The number of amidine groups is 1. The maximum atomic E-state index is 6.00. The highest BCUT2D eigenvalue weighted by molar-refractivity contribution is 8.13. The molecule has 0 amide bonds. The first kappa shape index (κ1) is 22.1. The Morgan fingerprint density at radius 2 is 1.80 bits per heavy atom. The molecule has 0 aliphatic rings. The average molecular weight is 403 g/mol. The molecule has 0 saturated carbocycles. The summed E-state index contributed by atoms with van der Waals surface area (Å²) in [5, 5.41) is 4.70. The van der Waals surface area contributed by atoms with Crippen molar-refractivity contribution in [2.75, 3.05) is 17.6 Å². The lowest BCUT2D eigenvalue weighted by Crippen LogP contribution is -2.23. The maximum absolute atomic E-state index is 6.00. The largest absolute Gasteiger partial charge is 0.369 e. The van der Waals surface area contributed by atoms with Gasteiger partial charge in [-0.1, -0.05) is 74.0 Å². The summed E-state index contributed by atoms with van der Waals surface area (Å²) in [6.45, 7) is 4.91. The molecule has 3 N–H and O–H groups in total. The van der Waals surface area contributed by atoms with Gasteiger partial charge in [-0.05, 0) is 31.5 Å². The third-order valence-corrected chi connectivity index (χ3v) is 5.14. The van der Waals surface area contributed by atoms with Crippen molar-refractivity contribution in [1.29, 1.82) is 0 Å². The van der Waals surface area contributed by atoms with Gasteiger partial charge in [0.25, 0.3) is 0 Å². The number of guanidine groups is 1. The lowest BCUT2D eigenvalue weighted by atomic mass is 10.1. The van der Waals surface area contributed by atoms with Gasteiger partial charge in [0.1, 0.15) is 0 Å². The van der Waals surface area contributed by atoms with Crippen LogP contribution in [-0.2, 0) is 0 Å². The van der Waals surface area contributed by atoms with E-state index >= 15 is 0 Å². The highest BCUT2D eigenvalue weighted by Crippen LogP contribution is 2.24. The van der Waals surface area contributed by atoms with Gasteiger partial charge in [-0.2, -0.15) is 4.99 Å². The Bertz CT molecular complexity index is 576. The van der Waals surface area contributed by atoms with E-state index in [4.69, 9.17) is 28.9 Å². The SMILES string of the molecule is CCCCCCCCSC(=NCC)/N=C(/N)Nc1ccc(Cl)c(Cl)c1. The molecule has 1 aromatic rings. The minimum Gasteiger partial charge on any atom is -0.369 e. The molecule has 7 heteroatoms. The lowest BCUT2D eigenvalue weighted by molar-refractivity contribution is 0.627. The Kier molecular flexibility index (Phi) is 11.8. The number of hydrogen-bond donors (Lipinski definition) is 2. The monoisotopic (exact) mass is 402 g/mol. The van der Waals surface area contributed by atoms with Gasteiger partial charge in [0.15, 0.2) is 11.1 Å². The van der Waals surface area contributed by atoms with Gasteiger partial charge in [-0.25, -0.2) is 0 Å². The number of halogens is 2. The van der Waals surface area contributed by atoms with Gasteiger partial charge in [0, 0.05) is 18.0 Å². The molecule has 1 aromatic carbocycles. The molecule has 0 aliphatic carbocycles. The number of thioether (sulfide) groups is 1. The van der Waals surface area contributed by atoms with E-state index < -0.39 is 0 Å². The van der Waals surface area contributed by atoms with Gasteiger partial charge in [0.05, 0.1) is 10.0 Å². The summed E-state index contributed by atoms with van der Waals surface area (Å²) in [6.07, 6.45) is 7.67. The molecule has 140 valence electrons. The first-order valence-electron chi connectivity index (χ1n) is 8.80. The second kappa shape index (κ2) is 13.3. The summed E-state index contributed by atoms with van der Waals surface area (Å²) in [6, 6.07) is 5.23. The van der Waals surface area contributed by atoms with E-state index in [0.29, 0.717) is 27.7 Å². The normalized spacial score (nSPS) is 12.5. The number of nitrogens with two attached hydrogens (primary N) is 1. The van der Waals surface area contributed by atoms with Gasteiger partial charge in [0.2, 0.25) is 0 Å². The topological polar surface area (TPSA) is 62.8 Å². The number of hydrogen-bond acceptors (Lipinski definition) is 2. The Labute approximate surface area is 165 Å². The van der Waals surface area contributed by atoms with Crippen molar-refractivity contribution in [2.24, 2.45) is 15.7 Å².